The molecule has 1 unspecified atom stereocenters. The van der Waals surface area contributed by atoms with Crippen molar-refractivity contribution in [3.8, 4) is 0 Å². The van der Waals surface area contributed by atoms with Crippen LogP contribution >= 0.6 is 0 Å². The van der Waals surface area contributed by atoms with E-state index in [4.69, 9.17) is 0 Å². The number of alkyl halides is 7. The predicted octanol–water partition coefficient (Wildman–Crippen LogP) is 2.02. The van der Waals surface area contributed by atoms with Crippen LogP contribution in [-0.4, -0.2) is 73.6 Å². The van der Waals surface area contributed by atoms with Crippen LogP contribution in [0.3, 0.4) is 0 Å². The van der Waals surface area contributed by atoms with Crippen LogP contribution in [0.2, 0.25) is 0 Å². The fourth-order valence-corrected chi connectivity index (χ4v) is 2.21. The van der Waals surface area contributed by atoms with E-state index in [1.807, 2.05) is 0 Å². The summed E-state index contributed by atoms with van der Waals surface area (Å²) in [5.74, 6) is -13.5. The number of hydrogen-bond donors (Lipinski definition) is 0. The minimum absolute atomic E-state index is 0.298. The first-order chi connectivity index (χ1) is 13.1. The molecule has 8 nitrogen and oxygen atoms in total. The van der Waals surface area contributed by atoms with Crippen LogP contribution in [0.5, 0.6) is 0 Å². The molecule has 0 saturated heterocycles. The Morgan fingerprint density at radius 1 is 1.07 bits per heavy atom. The van der Waals surface area contributed by atoms with Crippen molar-refractivity contribution in [2.24, 2.45) is 0 Å². The molecule has 1 amide bonds. The number of carbonyl (C=O) groups excluding carboxylic acids is 2. The summed E-state index contributed by atoms with van der Waals surface area (Å²) in [5.41, 5.74) is -0.592. The highest BCUT2D eigenvalue weighted by molar-refractivity contribution is 7.86. The zero-order chi connectivity index (χ0) is 24.3. The van der Waals surface area contributed by atoms with E-state index in [1.54, 1.807) is 0 Å². The van der Waals surface area contributed by atoms with Crippen molar-refractivity contribution < 1.29 is 62.8 Å². The molecule has 0 radical (unpaired) electrons. The topological polar surface area (TPSA) is 113 Å². The first kappa shape index (κ1) is 28.1. The van der Waals surface area contributed by atoms with E-state index in [1.165, 1.54) is 0 Å². The summed E-state index contributed by atoms with van der Waals surface area (Å²) in [7, 11) is -5.16. The molecule has 0 N–H and O–H groups in total. The van der Waals surface area contributed by atoms with Gasteiger partial charge in [-0.15, -0.1) is 0 Å². The highest BCUT2D eigenvalue weighted by Gasteiger charge is 2.67. The fourth-order valence-electron chi connectivity index (χ4n) is 1.75. The molecule has 0 saturated carbocycles. The van der Waals surface area contributed by atoms with Gasteiger partial charge in [-0.05, 0) is 13.3 Å². The van der Waals surface area contributed by atoms with Gasteiger partial charge in [0.25, 0.3) is 0 Å². The number of halogens is 7. The number of amides is 1. The summed E-state index contributed by atoms with van der Waals surface area (Å²) < 4.78 is 133. The number of rotatable bonds is 10. The summed E-state index contributed by atoms with van der Waals surface area (Å²) in [5, 5.41) is -6.05. The Labute approximate surface area is 166 Å². The van der Waals surface area contributed by atoms with Gasteiger partial charge in [-0.3, -0.25) is 4.79 Å². The van der Waals surface area contributed by atoms with Crippen LogP contribution in [0.25, 0.3) is 0 Å². The molecule has 0 aromatic carbocycles. The molecule has 16 heteroatoms. The van der Waals surface area contributed by atoms with Gasteiger partial charge in [-0.1, -0.05) is 6.58 Å². The molecular weight excluding hydrogens is 459 g/mol. The van der Waals surface area contributed by atoms with Gasteiger partial charge in [0.15, 0.2) is 10.1 Å². The second kappa shape index (κ2) is 9.05. The van der Waals surface area contributed by atoms with Crippen molar-refractivity contribution in [3.05, 3.63) is 12.2 Å². The van der Waals surface area contributed by atoms with E-state index in [2.05, 4.69) is 16.1 Å². The summed E-state index contributed by atoms with van der Waals surface area (Å²) in [4.78, 5) is 23.9. The van der Waals surface area contributed by atoms with Gasteiger partial charge in [0.05, 0.1) is 6.61 Å². The smallest absolute Gasteiger partial charge is 0.466 e. The van der Waals surface area contributed by atoms with Crippen LogP contribution in [0.15, 0.2) is 12.2 Å². The summed E-state index contributed by atoms with van der Waals surface area (Å²) in [6.07, 6.45) is -9.24. The van der Waals surface area contributed by atoms with E-state index in [0.717, 1.165) is 21.0 Å². The number of likely N-dealkylation sites (N-methyl/N-ethyl adjacent to an activating group) is 1. The minimum atomic E-state index is -6.79. The highest BCUT2D eigenvalue weighted by Crippen LogP contribution is 2.42. The van der Waals surface area contributed by atoms with Crippen LogP contribution in [0.1, 0.15) is 19.8 Å². The number of esters is 1. The summed E-state index contributed by atoms with van der Waals surface area (Å²) >= 11 is 0. The van der Waals surface area contributed by atoms with Crippen LogP contribution in [0.4, 0.5) is 30.7 Å². The van der Waals surface area contributed by atoms with Crippen molar-refractivity contribution in [2.75, 3.05) is 20.7 Å². The molecular formula is C14H17F7NO7S-. The lowest BCUT2D eigenvalue weighted by molar-refractivity contribution is -0.350. The normalized spacial score (nSPS) is 15.3. The maximum absolute atomic E-state index is 13.5. The van der Waals surface area contributed by atoms with Gasteiger partial charge in [0, 0.05) is 26.1 Å². The van der Waals surface area contributed by atoms with Crippen LogP contribution < -0.4 is 0 Å². The summed E-state index contributed by atoms with van der Waals surface area (Å²) in [6, 6.07) is 0. The zero-order valence-electron chi connectivity index (χ0n) is 15.7. The first-order valence-corrected chi connectivity index (χ1v) is 9.07. The lowest BCUT2D eigenvalue weighted by atomic mass is 10.2. The Balaban J connectivity index is 5.73. The lowest BCUT2D eigenvalue weighted by Crippen LogP contribution is -2.61. The van der Waals surface area contributed by atoms with E-state index < -0.39 is 70.2 Å². The number of nitrogens with zero attached hydrogens (tertiary/aromatic N) is 1. The molecule has 0 spiro atoms. The average molecular weight is 476 g/mol. The molecule has 0 aliphatic heterocycles. The molecule has 0 heterocycles. The quantitative estimate of drug-likeness (QED) is 0.118. The van der Waals surface area contributed by atoms with Gasteiger partial charge >= 0.3 is 35.0 Å². The molecule has 0 fully saturated rings. The monoisotopic (exact) mass is 476 g/mol. The SMILES string of the molecule is C=C(C)C(=O)OC(OCCCC(F)(F)C(F)(F)S(=O)(=O)[O-])(C(=O)N(C)C)C(F)(F)F. The second-order valence-corrected chi connectivity index (χ2v) is 7.53. The maximum Gasteiger partial charge on any atom is 0.466 e. The van der Waals surface area contributed by atoms with E-state index >= 15 is 0 Å². The summed E-state index contributed by atoms with van der Waals surface area (Å²) in [6.45, 7) is 2.42. The van der Waals surface area contributed by atoms with Gasteiger partial charge < -0.3 is 18.9 Å². The number of carbonyl (C=O) groups is 2. The maximum atomic E-state index is 13.5. The van der Waals surface area contributed by atoms with Gasteiger partial charge in [0.1, 0.15) is 0 Å². The second-order valence-electron chi connectivity index (χ2n) is 6.11. The third-order valence-corrected chi connectivity index (χ3v) is 4.25. The van der Waals surface area contributed by atoms with E-state index in [-0.39, 0.29) is 0 Å². The van der Waals surface area contributed by atoms with Crippen molar-refractivity contribution >= 4 is 22.0 Å². The Morgan fingerprint density at radius 3 is 1.87 bits per heavy atom. The van der Waals surface area contributed by atoms with Crippen molar-refractivity contribution in [1.29, 1.82) is 0 Å². The molecule has 176 valence electrons. The van der Waals surface area contributed by atoms with Crippen molar-refractivity contribution in [2.45, 2.75) is 42.9 Å². The highest BCUT2D eigenvalue weighted by atomic mass is 32.2. The van der Waals surface area contributed by atoms with Crippen molar-refractivity contribution in [3.63, 3.8) is 0 Å². The van der Waals surface area contributed by atoms with Gasteiger partial charge in [0.2, 0.25) is 0 Å². The number of ether oxygens (including phenoxy) is 2. The Kier molecular flexibility index (Phi) is 8.47. The van der Waals surface area contributed by atoms with Crippen LogP contribution in [-0.2, 0) is 29.2 Å². The molecule has 1 atom stereocenters. The van der Waals surface area contributed by atoms with Gasteiger partial charge in [-0.25, -0.2) is 13.2 Å². The number of hydrogen-bond acceptors (Lipinski definition) is 7. The standard InChI is InChI=1S/C14H18F7NO7S/c1-8(2)9(23)29-12(13(17,18)19,10(24)22(3)4)28-7-5-6-11(15,16)14(20,21)30(25,26)27/h1,5-7H2,2-4H3,(H,25,26,27)/p-1. The van der Waals surface area contributed by atoms with Crippen LogP contribution in [0, 0.1) is 0 Å². The molecule has 0 aromatic heterocycles. The lowest BCUT2D eigenvalue weighted by Gasteiger charge is -2.35. The zero-order valence-corrected chi connectivity index (χ0v) is 16.5. The fraction of sp³-hybridized carbons (Fsp3) is 0.714. The molecule has 0 rings (SSSR count). The Bertz CT molecular complexity index is 780. The first-order valence-electron chi connectivity index (χ1n) is 7.66. The predicted molar refractivity (Wildman–Crippen MR) is 83.2 cm³/mol. The Hall–Kier alpha value is -1.94. The average Bonchev–Trinajstić information content (AvgIpc) is 2.54. The van der Waals surface area contributed by atoms with Crippen molar-refractivity contribution in [1.82, 2.24) is 4.90 Å². The van der Waals surface area contributed by atoms with Gasteiger partial charge in [-0.2, -0.15) is 30.7 Å². The molecule has 0 bridgehead atoms. The molecule has 30 heavy (non-hydrogen) atoms. The Morgan fingerprint density at radius 2 is 1.53 bits per heavy atom. The minimum Gasteiger partial charge on any atom is -0.743 e. The third-order valence-electron chi connectivity index (χ3n) is 3.33. The molecule has 0 aliphatic rings. The molecule has 0 aromatic rings. The molecule has 0 aliphatic carbocycles. The van der Waals surface area contributed by atoms with E-state index in [0.29, 0.717) is 4.90 Å². The largest absolute Gasteiger partial charge is 0.743 e. The third kappa shape index (κ3) is 5.81. The van der Waals surface area contributed by atoms with E-state index in [9.17, 15) is 53.3 Å².